The number of amides is 2. The lowest BCUT2D eigenvalue weighted by molar-refractivity contribution is -0.131. The highest BCUT2D eigenvalue weighted by atomic mass is 16.5. The van der Waals surface area contributed by atoms with Gasteiger partial charge in [-0.05, 0) is 67.8 Å². The number of hydrogen-bond acceptors (Lipinski definition) is 3. The van der Waals surface area contributed by atoms with Gasteiger partial charge in [-0.3, -0.25) is 9.59 Å². The van der Waals surface area contributed by atoms with E-state index in [0.29, 0.717) is 13.0 Å². The summed E-state index contributed by atoms with van der Waals surface area (Å²) in [6.07, 6.45) is 8.38. The van der Waals surface area contributed by atoms with Crippen LogP contribution < -0.4 is 15.4 Å². The Balaban J connectivity index is 1.23. The number of carbonyl (C=O) groups is 2. The quantitative estimate of drug-likeness (QED) is 0.775. The molecular weight excluding hydrogens is 340 g/mol. The molecule has 4 saturated carbocycles. The zero-order valence-corrected chi connectivity index (χ0v) is 16.1. The first-order valence-electron chi connectivity index (χ1n) is 10.2. The molecule has 2 N–H and O–H groups in total. The zero-order chi connectivity index (χ0) is 18.9. The monoisotopic (exact) mass is 370 g/mol. The van der Waals surface area contributed by atoms with Crippen LogP contribution in [0.1, 0.15) is 50.5 Å². The van der Waals surface area contributed by atoms with E-state index in [2.05, 4.69) is 10.6 Å². The van der Waals surface area contributed by atoms with Crippen molar-refractivity contribution in [3.63, 3.8) is 0 Å². The Hall–Kier alpha value is -2.04. The number of benzene rings is 1. The van der Waals surface area contributed by atoms with Crippen molar-refractivity contribution in [2.45, 2.75) is 51.5 Å². The third-order valence-corrected chi connectivity index (χ3v) is 6.82. The Morgan fingerprint density at radius 1 is 1.00 bits per heavy atom. The highest BCUT2D eigenvalue weighted by Gasteiger charge is 2.51. The van der Waals surface area contributed by atoms with Crippen LogP contribution in [0.15, 0.2) is 24.3 Å². The van der Waals surface area contributed by atoms with Gasteiger partial charge < -0.3 is 15.4 Å². The molecule has 4 fully saturated rings. The number of ether oxygens (including phenoxy) is 1. The molecule has 4 aliphatic rings. The average Bonchev–Trinajstić information content (AvgIpc) is 2.63. The third-order valence-electron chi connectivity index (χ3n) is 6.82. The van der Waals surface area contributed by atoms with Gasteiger partial charge in [0, 0.05) is 18.5 Å². The van der Waals surface area contributed by atoms with Crippen molar-refractivity contribution in [2.75, 3.05) is 13.7 Å². The van der Waals surface area contributed by atoms with E-state index in [1.165, 1.54) is 38.5 Å². The molecule has 1 aromatic rings. The van der Waals surface area contributed by atoms with E-state index in [9.17, 15) is 9.59 Å². The third kappa shape index (κ3) is 4.12. The maximum absolute atomic E-state index is 12.5. The smallest absolute Gasteiger partial charge is 0.239 e. The van der Waals surface area contributed by atoms with Crippen LogP contribution in [0.3, 0.4) is 0 Å². The van der Waals surface area contributed by atoms with Crippen molar-refractivity contribution in [2.24, 2.45) is 23.2 Å². The summed E-state index contributed by atoms with van der Waals surface area (Å²) in [7, 11) is 1.62. The zero-order valence-electron chi connectivity index (χ0n) is 16.1. The Labute approximate surface area is 161 Å². The minimum atomic E-state index is -0.167. The molecule has 0 aromatic heterocycles. The first kappa shape index (κ1) is 18.3. The van der Waals surface area contributed by atoms with Gasteiger partial charge in [-0.2, -0.15) is 0 Å². The molecule has 27 heavy (non-hydrogen) atoms. The SMILES string of the molecule is COc1ccccc1CNC(=O)CNC(=O)CC12CC3CC(CC(C3)C1)C2. The van der Waals surface area contributed by atoms with Gasteiger partial charge in [0.1, 0.15) is 5.75 Å². The summed E-state index contributed by atoms with van der Waals surface area (Å²) in [5.74, 6) is 3.14. The Kier molecular flexibility index (Phi) is 5.11. The topological polar surface area (TPSA) is 67.4 Å². The summed E-state index contributed by atoms with van der Waals surface area (Å²) >= 11 is 0. The normalized spacial score (nSPS) is 30.8. The van der Waals surface area contributed by atoms with Crippen molar-refractivity contribution in [1.29, 1.82) is 0 Å². The van der Waals surface area contributed by atoms with Crippen LogP contribution in [-0.4, -0.2) is 25.5 Å². The van der Waals surface area contributed by atoms with Gasteiger partial charge in [-0.1, -0.05) is 18.2 Å². The molecule has 0 atom stereocenters. The maximum Gasteiger partial charge on any atom is 0.239 e. The van der Waals surface area contributed by atoms with Gasteiger partial charge in [-0.25, -0.2) is 0 Å². The molecule has 5 nitrogen and oxygen atoms in total. The lowest BCUT2D eigenvalue weighted by Gasteiger charge is -2.56. The number of hydrogen-bond donors (Lipinski definition) is 2. The highest BCUT2D eigenvalue weighted by Crippen LogP contribution is 2.61. The van der Waals surface area contributed by atoms with Gasteiger partial charge in [-0.15, -0.1) is 0 Å². The van der Waals surface area contributed by atoms with Crippen LogP contribution in [0.2, 0.25) is 0 Å². The molecule has 0 spiro atoms. The van der Waals surface area contributed by atoms with E-state index in [4.69, 9.17) is 4.74 Å². The number of para-hydroxylation sites is 1. The van der Waals surface area contributed by atoms with Gasteiger partial charge in [0.2, 0.25) is 11.8 Å². The van der Waals surface area contributed by atoms with Crippen LogP contribution >= 0.6 is 0 Å². The maximum atomic E-state index is 12.5. The predicted molar refractivity (Wildman–Crippen MR) is 103 cm³/mol. The minimum absolute atomic E-state index is 0.0318. The second-order valence-corrected chi connectivity index (χ2v) is 8.96. The van der Waals surface area contributed by atoms with Gasteiger partial charge in [0.05, 0.1) is 13.7 Å². The van der Waals surface area contributed by atoms with Crippen LogP contribution in [0.25, 0.3) is 0 Å². The lowest BCUT2D eigenvalue weighted by Crippen LogP contribution is -2.48. The lowest BCUT2D eigenvalue weighted by atomic mass is 9.49. The second kappa shape index (κ2) is 7.53. The summed E-state index contributed by atoms with van der Waals surface area (Å²) < 4.78 is 5.29. The average molecular weight is 370 g/mol. The fraction of sp³-hybridized carbons (Fsp3) is 0.636. The summed E-state index contributed by atoms with van der Waals surface area (Å²) in [5.41, 5.74) is 1.14. The summed E-state index contributed by atoms with van der Waals surface area (Å²) in [6.45, 7) is 0.439. The first-order chi connectivity index (χ1) is 13.0. The predicted octanol–water partition coefficient (Wildman–Crippen LogP) is 3.03. The molecule has 0 radical (unpaired) electrons. The molecule has 4 aliphatic carbocycles. The summed E-state index contributed by atoms with van der Waals surface area (Å²) in [5, 5.41) is 5.69. The number of rotatable bonds is 7. The van der Waals surface area contributed by atoms with Crippen molar-refractivity contribution < 1.29 is 14.3 Å². The Morgan fingerprint density at radius 2 is 1.63 bits per heavy atom. The van der Waals surface area contributed by atoms with Crippen LogP contribution in [0, 0.1) is 23.2 Å². The van der Waals surface area contributed by atoms with Crippen LogP contribution in [0.5, 0.6) is 5.75 Å². The van der Waals surface area contributed by atoms with Gasteiger partial charge in [0.15, 0.2) is 0 Å². The fourth-order valence-electron chi connectivity index (χ4n) is 6.19. The molecular formula is C22H30N2O3. The Morgan fingerprint density at radius 3 is 2.26 bits per heavy atom. The number of methoxy groups -OCH3 is 1. The fourth-order valence-corrected chi connectivity index (χ4v) is 6.19. The molecule has 2 amide bonds. The van der Waals surface area contributed by atoms with E-state index in [1.807, 2.05) is 24.3 Å². The molecule has 0 saturated heterocycles. The van der Waals surface area contributed by atoms with E-state index < -0.39 is 0 Å². The van der Waals surface area contributed by atoms with Crippen LogP contribution in [-0.2, 0) is 16.1 Å². The van der Waals surface area contributed by atoms with Crippen LogP contribution in [0.4, 0.5) is 0 Å². The largest absolute Gasteiger partial charge is 0.496 e. The number of carbonyl (C=O) groups excluding carboxylic acids is 2. The summed E-state index contributed by atoms with van der Waals surface area (Å²) in [6, 6.07) is 7.60. The van der Waals surface area contributed by atoms with Crippen molar-refractivity contribution >= 4 is 11.8 Å². The highest BCUT2D eigenvalue weighted by molar-refractivity contribution is 5.85. The first-order valence-corrected chi connectivity index (χ1v) is 10.2. The number of nitrogens with one attached hydrogen (secondary N) is 2. The molecule has 5 rings (SSSR count). The Bertz CT molecular complexity index is 680. The second-order valence-electron chi connectivity index (χ2n) is 8.96. The van der Waals surface area contributed by atoms with Gasteiger partial charge in [0.25, 0.3) is 0 Å². The van der Waals surface area contributed by atoms with Gasteiger partial charge >= 0.3 is 0 Å². The molecule has 0 heterocycles. The van der Waals surface area contributed by atoms with Crippen molar-refractivity contribution in [3.05, 3.63) is 29.8 Å². The van der Waals surface area contributed by atoms with E-state index in [0.717, 1.165) is 29.1 Å². The minimum Gasteiger partial charge on any atom is -0.496 e. The molecule has 5 heteroatoms. The standard InChI is InChI=1S/C22H30N2O3/c1-27-19-5-3-2-4-18(19)13-23-21(26)14-24-20(25)12-22-9-15-6-16(10-22)8-17(7-15)11-22/h2-5,15-17H,6-14H2,1H3,(H,23,26)(H,24,25). The molecule has 0 aliphatic heterocycles. The molecule has 1 aromatic carbocycles. The van der Waals surface area contributed by atoms with E-state index in [1.54, 1.807) is 7.11 Å². The molecule has 4 bridgehead atoms. The van der Waals surface area contributed by atoms with E-state index in [-0.39, 0.29) is 23.8 Å². The van der Waals surface area contributed by atoms with E-state index >= 15 is 0 Å². The molecule has 0 unspecified atom stereocenters. The van der Waals surface area contributed by atoms with Crippen molar-refractivity contribution in [3.8, 4) is 5.75 Å². The molecule has 146 valence electrons. The summed E-state index contributed by atoms with van der Waals surface area (Å²) in [4.78, 5) is 24.6. The van der Waals surface area contributed by atoms with Crippen molar-refractivity contribution in [1.82, 2.24) is 10.6 Å².